The van der Waals surface area contributed by atoms with Crippen LogP contribution in [0, 0.1) is 0 Å². The van der Waals surface area contributed by atoms with Gasteiger partial charge in [-0.3, -0.25) is 9.69 Å². The van der Waals surface area contributed by atoms with Crippen molar-refractivity contribution in [2.24, 2.45) is 0 Å². The zero-order valence-electron chi connectivity index (χ0n) is 20.3. The van der Waals surface area contributed by atoms with Crippen molar-refractivity contribution < 1.29 is 14.6 Å². The second-order valence-corrected chi connectivity index (χ2v) is 9.29. The van der Waals surface area contributed by atoms with E-state index in [0.717, 1.165) is 53.0 Å². The number of carboxylic acids is 1. The van der Waals surface area contributed by atoms with Gasteiger partial charge in [0, 0.05) is 5.56 Å². The lowest BCUT2D eigenvalue weighted by Gasteiger charge is -2.40. The number of hydrogen-bond acceptors (Lipinski definition) is 3. The van der Waals surface area contributed by atoms with Crippen molar-refractivity contribution in [1.82, 2.24) is 4.90 Å². The van der Waals surface area contributed by atoms with Gasteiger partial charge >= 0.3 is 5.97 Å². The number of aliphatic carboxylic acids is 1. The summed E-state index contributed by atoms with van der Waals surface area (Å²) in [6.45, 7) is 1.19. The fourth-order valence-electron chi connectivity index (χ4n) is 5.14. The molecule has 0 bridgehead atoms. The molecule has 5 rings (SSSR count). The van der Waals surface area contributed by atoms with Gasteiger partial charge in [0.05, 0.1) is 6.04 Å². The maximum absolute atomic E-state index is 12.3. The molecule has 4 heteroatoms. The normalized spacial score (nSPS) is 16.8. The molecule has 2 unspecified atom stereocenters. The Hall–Kier alpha value is -3.89. The summed E-state index contributed by atoms with van der Waals surface area (Å²) >= 11 is 0. The van der Waals surface area contributed by atoms with Gasteiger partial charge in [0.1, 0.15) is 18.4 Å². The SMILES string of the molecule is O=C(O)C1CCCCN1C(c1ccc(-c2ccccc2)cc1)c1ccccc1OCc1ccccc1. The molecule has 0 saturated carbocycles. The van der Waals surface area contributed by atoms with Crippen molar-refractivity contribution in [1.29, 1.82) is 0 Å². The lowest BCUT2D eigenvalue weighted by molar-refractivity contribution is -0.145. The summed E-state index contributed by atoms with van der Waals surface area (Å²) in [4.78, 5) is 14.4. The lowest BCUT2D eigenvalue weighted by atomic mass is 9.90. The quantitative estimate of drug-likeness (QED) is 0.298. The number of para-hydroxylation sites is 1. The van der Waals surface area contributed by atoms with Crippen LogP contribution < -0.4 is 4.74 Å². The Bertz CT molecular complexity index is 1270. The van der Waals surface area contributed by atoms with E-state index in [1.54, 1.807) is 0 Å². The number of ether oxygens (including phenoxy) is 1. The molecule has 1 N–H and O–H groups in total. The number of carboxylic acid groups (broad SMARTS) is 1. The highest BCUT2D eigenvalue weighted by Crippen LogP contribution is 2.39. The summed E-state index contributed by atoms with van der Waals surface area (Å²) in [6.07, 6.45) is 2.57. The van der Waals surface area contributed by atoms with Crippen molar-refractivity contribution in [2.75, 3.05) is 6.54 Å². The Morgan fingerprint density at radius 1 is 0.806 bits per heavy atom. The molecule has 182 valence electrons. The highest BCUT2D eigenvalue weighted by molar-refractivity contribution is 5.74. The predicted octanol–water partition coefficient (Wildman–Crippen LogP) is 6.96. The molecule has 4 aromatic rings. The van der Waals surface area contributed by atoms with Crippen LogP contribution in [0.1, 0.15) is 42.0 Å². The van der Waals surface area contributed by atoms with Gasteiger partial charge in [0.2, 0.25) is 0 Å². The number of nitrogens with zero attached hydrogens (tertiary/aromatic N) is 1. The predicted molar refractivity (Wildman–Crippen MR) is 143 cm³/mol. The van der Waals surface area contributed by atoms with Gasteiger partial charge in [-0.15, -0.1) is 0 Å². The minimum Gasteiger partial charge on any atom is -0.489 e. The van der Waals surface area contributed by atoms with Crippen LogP contribution in [0.25, 0.3) is 11.1 Å². The third-order valence-corrected chi connectivity index (χ3v) is 6.95. The average molecular weight is 478 g/mol. The van der Waals surface area contributed by atoms with E-state index in [-0.39, 0.29) is 6.04 Å². The third-order valence-electron chi connectivity index (χ3n) is 6.95. The Labute approximate surface area is 212 Å². The van der Waals surface area contributed by atoms with E-state index in [4.69, 9.17) is 4.74 Å². The van der Waals surface area contributed by atoms with Gasteiger partial charge in [0.15, 0.2) is 0 Å². The molecule has 0 aliphatic carbocycles. The van der Waals surface area contributed by atoms with Crippen LogP contribution in [0.4, 0.5) is 0 Å². The van der Waals surface area contributed by atoms with E-state index in [1.807, 2.05) is 66.7 Å². The molecule has 0 aromatic heterocycles. The van der Waals surface area contributed by atoms with E-state index in [2.05, 4.69) is 47.4 Å². The molecular formula is C32H31NO3. The summed E-state index contributed by atoms with van der Waals surface area (Å²) in [7, 11) is 0. The number of likely N-dealkylation sites (tertiary alicyclic amines) is 1. The maximum atomic E-state index is 12.3. The molecule has 4 aromatic carbocycles. The van der Waals surface area contributed by atoms with E-state index in [0.29, 0.717) is 13.0 Å². The van der Waals surface area contributed by atoms with Gasteiger partial charge in [-0.25, -0.2) is 0 Å². The second-order valence-electron chi connectivity index (χ2n) is 9.29. The number of rotatable bonds is 8. The summed E-state index contributed by atoms with van der Waals surface area (Å²) in [5.74, 6) is 0.0245. The second kappa shape index (κ2) is 11.2. The van der Waals surface area contributed by atoms with Crippen LogP contribution in [0.3, 0.4) is 0 Å². The summed E-state index contributed by atoms with van der Waals surface area (Å²) in [5, 5.41) is 10.1. The number of carbonyl (C=O) groups is 1. The van der Waals surface area contributed by atoms with Crippen molar-refractivity contribution >= 4 is 5.97 Å². The molecule has 4 nitrogen and oxygen atoms in total. The molecule has 1 heterocycles. The van der Waals surface area contributed by atoms with E-state index in [9.17, 15) is 9.90 Å². The molecule has 2 atom stereocenters. The van der Waals surface area contributed by atoms with Crippen molar-refractivity contribution in [2.45, 2.75) is 38.0 Å². The van der Waals surface area contributed by atoms with Crippen LogP contribution >= 0.6 is 0 Å². The Morgan fingerprint density at radius 2 is 1.44 bits per heavy atom. The highest BCUT2D eigenvalue weighted by Gasteiger charge is 2.36. The van der Waals surface area contributed by atoms with Crippen LogP contribution in [-0.4, -0.2) is 28.6 Å². The standard InChI is InChI=1S/C32H31NO3/c34-32(35)29-16-9-10-22-33(29)31(27-20-18-26(19-21-27)25-13-5-2-6-14-25)28-15-7-8-17-30(28)36-23-24-11-3-1-4-12-24/h1-8,11-15,17-21,29,31H,9-10,16,22-23H2,(H,34,35). The van der Waals surface area contributed by atoms with Gasteiger partial charge in [-0.1, -0.05) is 110 Å². The Kier molecular flexibility index (Phi) is 7.44. The van der Waals surface area contributed by atoms with Gasteiger partial charge in [-0.05, 0) is 47.7 Å². The van der Waals surface area contributed by atoms with Crippen molar-refractivity contribution in [3.05, 3.63) is 126 Å². The summed E-state index contributed by atoms with van der Waals surface area (Å²) < 4.78 is 6.33. The van der Waals surface area contributed by atoms with Gasteiger partial charge < -0.3 is 9.84 Å². The first kappa shape index (κ1) is 23.8. The number of piperidine rings is 1. The molecule has 0 radical (unpaired) electrons. The smallest absolute Gasteiger partial charge is 0.320 e. The van der Waals surface area contributed by atoms with Crippen LogP contribution in [0.15, 0.2) is 109 Å². The fourth-order valence-corrected chi connectivity index (χ4v) is 5.14. The van der Waals surface area contributed by atoms with E-state index < -0.39 is 12.0 Å². The summed E-state index contributed by atoms with van der Waals surface area (Å²) in [5.41, 5.74) is 5.46. The Morgan fingerprint density at radius 3 is 2.17 bits per heavy atom. The first-order chi connectivity index (χ1) is 17.7. The number of hydrogen-bond donors (Lipinski definition) is 1. The third kappa shape index (κ3) is 5.34. The minimum absolute atomic E-state index is 0.219. The van der Waals surface area contributed by atoms with Gasteiger partial charge in [0.25, 0.3) is 0 Å². The molecule has 1 fully saturated rings. The molecular weight excluding hydrogens is 446 g/mol. The molecule has 0 amide bonds. The fraction of sp³-hybridized carbons (Fsp3) is 0.219. The largest absolute Gasteiger partial charge is 0.489 e. The maximum Gasteiger partial charge on any atom is 0.320 e. The van der Waals surface area contributed by atoms with Crippen LogP contribution in [-0.2, 0) is 11.4 Å². The van der Waals surface area contributed by atoms with Crippen molar-refractivity contribution in [3.8, 4) is 16.9 Å². The topological polar surface area (TPSA) is 49.8 Å². The molecule has 1 saturated heterocycles. The Balaban J connectivity index is 1.53. The average Bonchev–Trinajstić information content (AvgIpc) is 2.94. The minimum atomic E-state index is -0.761. The zero-order chi connectivity index (χ0) is 24.7. The van der Waals surface area contributed by atoms with Crippen molar-refractivity contribution in [3.63, 3.8) is 0 Å². The highest BCUT2D eigenvalue weighted by atomic mass is 16.5. The number of benzene rings is 4. The first-order valence-corrected chi connectivity index (χ1v) is 12.6. The molecule has 0 spiro atoms. The lowest BCUT2D eigenvalue weighted by Crippen LogP contribution is -2.46. The molecule has 1 aliphatic rings. The zero-order valence-corrected chi connectivity index (χ0v) is 20.3. The monoisotopic (exact) mass is 477 g/mol. The molecule has 36 heavy (non-hydrogen) atoms. The van der Waals surface area contributed by atoms with Gasteiger partial charge in [-0.2, -0.15) is 0 Å². The van der Waals surface area contributed by atoms with Crippen LogP contribution in [0.2, 0.25) is 0 Å². The summed E-state index contributed by atoms with van der Waals surface area (Å²) in [6, 6.07) is 36.2. The molecule has 1 aliphatic heterocycles. The van der Waals surface area contributed by atoms with Crippen LogP contribution in [0.5, 0.6) is 5.75 Å². The van der Waals surface area contributed by atoms with E-state index in [1.165, 1.54) is 0 Å². The first-order valence-electron chi connectivity index (χ1n) is 12.6. The van der Waals surface area contributed by atoms with E-state index >= 15 is 0 Å².